The third-order valence-electron chi connectivity index (χ3n) is 5.32. The van der Waals surface area contributed by atoms with Crippen molar-refractivity contribution >= 4 is 43.2 Å². The minimum Gasteiger partial charge on any atom is -0.496 e. The average Bonchev–Trinajstić information content (AvgIpc) is 2.93. The number of hydrogen-bond acceptors (Lipinski definition) is 8. The minimum atomic E-state index is -0.528. The number of halogens is 2. The van der Waals surface area contributed by atoms with Gasteiger partial charge in [0.15, 0.2) is 0 Å². The van der Waals surface area contributed by atoms with Crippen LogP contribution in [-0.4, -0.2) is 40.5 Å². The molecular formula is C27H28Br2N4O7. The number of ether oxygens (including phenoxy) is 2. The van der Waals surface area contributed by atoms with Crippen LogP contribution in [0.25, 0.3) is 0 Å². The van der Waals surface area contributed by atoms with Crippen LogP contribution < -0.4 is 26.3 Å². The molecule has 13 heteroatoms. The third kappa shape index (κ3) is 9.07. The number of nitrogens with two attached hydrogens (primary N) is 1. The van der Waals surface area contributed by atoms with Gasteiger partial charge in [-0.25, -0.2) is 0 Å². The second kappa shape index (κ2) is 15.6. The zero-order valence-electron chi connectivity index (χ0n) is 21.9. The maximum Gasteiger partial charge on any atom is 0.285 e. The van der Waals surface area contributed by atoms with Crippen molar-refractivity contribution < 1.29 is 19.5 Å². The van der Waals surface area contributed by atoms with Gasteiger partial charge in [-0.2, -0.15) is 0 Å². The van der Waals surface area contributed by atoms with Crippen LogP contribution in [0.15, 0.2) is 91.6 Å². The van der Waals surface area contributed by atoms with E-state index in [9.17, 15) is 19.7 Å². The predicted octanol–water partition coefficient (Wildman–Crippen LogP) is 4.43. The Morgan fingerprint density at radius 1 is 0.800 bits per heavy atom. The van der Waals surface area contributed by atoms with E-state index >= 15 is 0 Å². The Labute approximate surface area is 246 Å². The quantitative estimate of drug-likeness (QED) is 0.215. The summed E-state index contributed by atoms with van der Waals surface area (Å²) in [4.78, 5) is 33.6. The first-order chi connectivity index (χ1) is 19.1. The molecular weight excluding hydrogens is 652 g/mol. The number of aliphatic hydroxyl groups is 1. The smallest absolute Gasteiger partial charge is 0.285 e. The summed E-state index contributed by atoms with van der Waals surface area (Å²) in [7, 11) is 4.17. The number of nitrogens with zero attached hydrogens (tertiary/aromatic N) is 3. The van der Waals surface area contributed by atoms with E-state index in [1.807, 2.05) is 24.3 Å². The summed E-state index contributed by atoms with van der Waals surface area (Å²) in [5.41, 5.74) is 7.59. The molecule has 0 radical (unpaired) electrons. The molecule has 0 aliphatic carbocycles. The summed E-state index contributed by atoms with van der Waals surface area (Å²) in [6.45, 7) is 0.732. The molecule has 0 saturated carbocycles. The van der Waals surface area contributed by atoms with Crippen LogP contribution in [0.4, 0.5) is 11.4 Å². The Morgan fingerprint density at radius 2 is 1.25 bits per heavy atom. The molecule has 0 bridgehead atoms. The number of pyridine rings is 2. The Hall–Kier alpha value is -3.94. The Morgan fingerprint density at radius 3 is 1.68 bits per heavy atom. The molecule has 4 rings (SSSR count). The van der Waals surface area contributed by atoms with Crippen LogP contribution in [0.5, 0.6) is 11.5 Å². The number of benzene rings is 2. The lowest BCUT2D eigenvalue weighted by atomic mass is 10.2. The van der Waals surface area contributed by atoms with E-state index in [0.29, 0.717) is 18.0 Å². The lowest BCUT2D eigenvalue weighted by Crippen LogP contribution is -2.19. The molecule has 0 atom stereocenters. The number of rotatable bonds is 7. The molecule has 0 unspecified atom stereocenters. The minimum absolute atomic E-state index is 0.0730. The Bertz CT molecular complexity index is 1570. The number of nitro groups is 1. The SMILES string of the molecule is CO.COc1ccc(Cn2cc(N)ccc2=O)cc1Br.COc1ccc(Cn2cc([N+](=O)[O-])ccc2=O)cc1Br. The molecule has 40 heavy (non-hydrogen) atoms. The molecule has 0 aliphatic heterocycles. The van der Waals surface area contributed by atoms with Gasteiger partial charge in [-0.1, -0.05) is 12.1 Å². The van der Waals surface area contributed by atoms with Gasteiger partial charge in [-0.05, 0) is 73.3 Å². The number of nitrogen functional groups attached to an aromatic ring is 1. The Balaban J connectivity index is 0.000000265. The summed E-state index contributed by atoms with van der Waals surface area (Å²) >= 11 is 6.77. The number of methoxy groups -OCH3 is 2. The van der Waals surface area contributed by atoms with Crippen molar-refractivity contribution in [1.82, 2.24) is 9.13 Å². The highest BCUT2D eigenvalue weighted by Gasteiger charge is 2.09. The van der Waals surface area contributed by atoms with Crippen molar-refractivity contribution in [3.05, 3.63) is 124 Å². The zero-order chi connectivity index (χ0) is 29.8. The van der Waals surface area contributed by atoms with Gasteiger partial charge < -0.3 is 29.4 Å². The van der Waals surface area contributed by atoms with Crippen molar-refractivity contribution in [3.63, 3.8) is 0 Å². The van der Waals surface area contributed by atoms with E-state index in [0.717, 1.165) is 32.9 Å². The highest BCUT2D eigenvalue weighted by Crippen LogP contribution is 2.26. The van der Waals surface area contributed by atoms with Crippen LogP contribution in [0.2, 0.25) is 0 Å². The van der Waals surface area contributed by atoms with Crippen molar-refractivity contribution in [2.45, 2.75) is 13.1 Å². The summed E-state index contributed by atoms with van der Waals surface area (Å²) < 4.78 is 14.8. The van der Waals surface area contributed by atoms with E-state index in [-0.39, 0.29) is 23.4 Å². The largest absolute Gasteiger partial charge is 0.496 e. The third-order valence-corrected chi connectivity index (χ3v) is 6.56. The number of hydrogen-bond donors (Lipinski definition) is 2. The molecule has 2 heterocycles. The molecule has 0 saturated heterocycles. The fourth-order valence-electron chi connectivity index (χ4n) is 3.43. The molecule has 0 amide bonds. The van der Waals surface area contributed by atoms with Gasteiger partial charge in [0.2, 0.25) is 0 Å². The van der Waals surface area contributed by atoms with Gasteiger partial charge >= 0.3 is 0 Å². The highest BCUT2D eigenvalue weighted by molar-refractivity contribution is 9.10. The summed E-state index contributed by atoms with van der Waals surface area (Å²) in [6, 6.07) is 16.5. The van der Waals surface area contributed by atoms with Crippen molar-refractivity contribution in [2.75, 3.05) is 27.1 Å². The van der Waals surface area contributed by atoms with Gasteiger partial charge in [0, 0.05) is 37.2 Å². The standard InChI is InChI=1S/C13H11BrN2O4.C13H13BrN2O2.CH4O/c1-20-12-4-2-9(6-11(12)14)7-15-8-10(16(18)19)3-5-13(15)17;1-18-12-4-2-9(6-11(12)14)7-16-8-10(15)3-5-13(16)17;1-2/h2-6,8H,7H2,1H3;2-6,8H,7,15H2,1H3;2H,1H3. The molecule has 4 aromatic rings. The van der Waals surface area contributed by atoms with Gasteiger partial charge in [-0.15, -0.1) is 0 Å². The first-order valence-electron chi connectivity index (χ1n) is 11.5. The van der Waals surface area contributed by atoms with Crippen molar-refractivity contribution in [1.29, 1.82) is 0 Å². The highest BCUT2D eigenvalue weighted by atomic mass is 79.9. The predicted molar refractivity (Wildman–Crippen MR) is 160 cm³/mol. The fraction of sp³-hybridized carbons (Fsp3) is 0.185. The first-order valence-corrected chi connectivity index (χ1v) is 13.1. The molecule has 0 aliphatic rings. The molecule has 2 aromatic carbocycles. The van der Waals surface area contributed by atoms with Crippen LogP contribution in [0, 0.1) is 10.1 Å². The number of anilines is 1. The average molecular weight is 680 g/mol. The maximum atomic E-state index is 11.7. The van der Waals surface area contributed by atoms with Gasteiger partial charge in [0.25, 0.3) is 16.8 Å². The summed E-state index contributed by atoms with van der Waals surface area (Å²) in [5, 5.41) is 17.7. The molecule has 0 spiro atoms. The summed E-state index contributed by atoms with van der Waals surface area (Å²) in [5.74, 6) is 1.44. The monoisotopic (exact) mass is 678 g/mol. The number of aromatic nitrogens is 2. The fourth-order valence-corrected chi connectivity index (χ4v) is 4.61. The second-order valence-electron chi connectivity index (χ2n) is 7.98. The van der Waals surface area contributed by atoms with Crippen molar-refractivity contribution in [3.8, 4) is 11.5 Å². The lowest BCUT2D eigenvalue weighted by Gasteiger charge is -2.09. The molecule has 2 aromatic heterocycles. The van der Waals surface area contributed by atoms with Crippen molar-refractivity contribution in [2.24, 2.45) is 0 Å². The normalized spacial score (nSPS) is 9.95. The van der Waals surface area contributed by atoms with Crippen LogP contribution in [0.1, 0.15) is 11.1 Å². The topological polar surface area (TPSA) is 152 Å². The summed E-state index contributed by atoms with van der Waals surface area (Å²) in [6.07, 6.45) is 2.88. The maximum absolute atomic E-state index is 11.7. The van der Waals surface area contributed by atoms with E-state index < -0.39 is 4.92 Å². The van der Waals surface area contributed by atoms with Crippen LogP contribution >= 0.6 is 31.9 Å². The van der Waals surface area contributed by atoms with Crippen LogP contribution in [-0.2, 0) is 13.1 Å². The lowest BCUT2D eigenvalue weighted by molar-refractivity contribution is -0.385. The molecule has 3 N–H and O–H groups in total. The number of aliphatic hydroxyl groups excluding tert-OH is 1. The van der Waals surface area contributed by atoms with E-state index in [2.05, 4.69) is 31.9 Å². The van der Waals surface area contributed by atoms with Crippen LogP contribution in [0.3, 0.4) is 0 Å². The van der Waals surface area contributed by atoms with Gasteiger partial charge in [-0.3, -0.25) is 19.7 Å². The molecule has 0 fully saturated rings. The van der Waals surface area contributed by atoms with Gasteiger partial charge in [0.05, 0.1) is 47.4 Å². The van der Waals surface area contributed by atoms with E-state index in [1.54, 1.807) is 43.2 Å². The van der Waals surface area contributed by atoms with E-state index in [1.165, 1.54) is 29.0 Å². The molecule has 212 valence electrons. The van der Waals surface area contributed by atoms with Gasteiger partial charge in [0.1, 0.15) is 11.5 Å². The second-order valence-corrected chi connectivity index (χ2v) is 9.69. The Kier molecular flexibility index (Phi) is 12.6. The first kappa shape index (κ1) is 32.3. The van der Waals surface area contributed by atoms with E-state index in [4.69, 9.17) is 20.3 Å². The zero-order valence-corrected chi connectivity index (χ0v) is 25.1. The molecule has 11 nitrogen and oxygen atoms in total.